The van der Waals surface area contributed by atoms with Crippen LogP contribution in [0.1, 0.15) is 59.0 Å². The number of hydrogen-bond donors (Lipinski definition) is 1. The maximum atomic E-state index is 14.2. The van der Waals surface area contributed by atoms with Crippen molar-refractivity contribution in [1.82, 2.24) is 15.1 Å². The van der Waals surface area contributed by atoms with E-state index in [1.165, 1.54) is 17.0 Å². The highest BCUT2D eigenvalue weighted by Gasteiger charge is 2.52. The number of ketones is 1. The molecule has 0 aliphatic carbocycles. The fourth-order valence-electron chi connectivity index (χ4n) is 6.53. The summed E-state index contributed by atoms with van der Waals surface area (Å²) in [5.74, 6) is -1.67. The predicted molar refractivity (Wildman–Crippen MR) is 170 cm³/mol. The summed E-state index contributed by atoms with van der Waals surface area (Å²) in [6, 6.07) is 23.9. The van der Waals surface area contributed by atoms with E-state index in [0.717, 1.165) is 16.3 Å². The van der Waals surface area contributed by atoms with Crippen molar-refractivity contribution in [1.29, 1.82) is 0 Å². The van der Waals surface area contributed by atoms with E-state index < -0.39 is 35.8 Å². The molecule has 0 aromatic heterocycles. The molecule has 3 atom stereocenters. The van der Waals surface area contributed by atoms with Crippen molar-refractivity contribution in [2.24, 2.45) is 0 Å². The van der Waals surface area contributed by atoms with Gasteiger partial charge < -0.3 is 15.1 Å². The third kappa shape index (κ3) is 5.97. The van der Waals surface area contributed by atoms with Crippen LogP contribution in [0.4, 0.5) is 4.39 Å². The fourth-order valence-corrected chi connectivity index (χ4v) is 6.53. The predicted octanol–water partition coefficient (Wildman–Crippen LogP) is 5.31. The molecule has 4 aromatic carbocycles. The van der Waals surface area contributed by atoms with Crippen molar-refractivity contribution in [3.8, 4) is 0 Å². The van der Waals surface area contributed by atoms with Crippen LogP contribution in [0.2, 0.25) is 0 Å². The molecule has 2 saturated heterocycles. The Labute approximate surface area is 262 Å². The molecule has 3 amide bonds. The SMILES string of the molecule is CC(C)(C)c1ccc(C(=O)N[C@@H](Cc2ccc(F)cc2)C(=O)N2CCC3C2C(=O)CN3C(=O)c2cccc3ccccc23)cc1. The van der Waals surface area contributed by atoms with Gasteiger partial charge in [0, 0.05) is 24.1 Å². The molecule has 2 heterocycles. The number of Topliss-reactive ketones (excluding diaryl/α,β-unsaturated/α-hetero) is 1. The molecule has 7 nitrogen and oxygen atoms in total. The Kier molecular flexibility index (Phi) is 7.99. The van der Waals surface area contributed by atoms with Gasteiger partial charge in [0.2, 0.25) is 5.91 Å². The average molecular weight is 606 g/mol. The summed E-state index contributed by atoms with van der Waals surface area (Å²) in [5, 5.41) is 4.63. The number of halogens is 1. The molecule has 0 saturated carbocycles. The standard InChI is InChI=1S/C37H36FN3O4/c1-37(2,3)26-15-13-25(14-16-26)34(43)39-30(21-23-11-17-27(38)18-12-23)36(45)40-20-19-31-33(40)32(42)22-41(31)35(44)29-10-6-8-24-7-4-5-9-28(24)29/h4-18,30-31,33H,19-22H2,1-3H3,(H,39,43)/t30-,31?,33?/m0/s1. The van der Waals surface area contributed by atoms with Crippen LogP contribution in [-0.4, -0.2) is 64.5 Å². The van der Waals surface area contributed by atoms with Gasteiger partial charge in [0.05, 0.1) is 12.6 Å². The minimum Gasteiger partial charge on any atom is -0.340 e. The van der Waals surface area contributed by atoms with E-state index in [1.54, 1.807) is 35.2 Å². The number of fused-ring (bicyclic) bond motifs is 2. The fraction of sp³-hybridized carbons (Fsp3) is 0.297. The van der Waals surface area contributed by atoms with Gasteiger partial charge in [-0.15, -0.1) is 0 Å². The molecule has 1 N–H and O–H groups in total. The van der Waals surface area contributed by atoms with Crippen molar-refractivity contribution < 1.29 is 23.6 Å². The van der Waals surface area contributed by atoms with Crippen LogP contribution in [-0.2, 0) is 21.4 Å². The van der Waals surface area contributed by atoms with E-state index in [4.69, 9.17) is 0 Å². The first-order valence-electron chi connectivity index (χ1n) is 15.3. The summed E-state index contributed by atoms with van der Waals surface area (Å²) in [6.07, 6.45) is 0.565. The number of carbonyl (C=O) groups is 4. The highest BCUT2D eigenvalue weighted by molar-refractivity contribution is 6.10. The van der Waals surface area contributed by atoms with Crippen LogP contribution >= 0.6 is 0 Å². The number of rotatable bonds is 6. The Hall–Kier alpha value is -4.85. The quantitative estimate of drug-likeness (QED) is 0.323. The molecule has 2 fully saturated rings. The van der Waals surface area contributed by atoms with Crippen LogP contribution in [0, 0.1) is 5.82 Å². The molecule has 2 unspecified atom stereocenters. The van der Waals surface area contributed by atoms with Crippen LogP contribution in [0.5, 0.6) is 0 Å². The first-order valence-corrected chi connectivity index (χ1v) is 15.3. The zero-order valence-electron chi connectivity index (χ0n) is 25.6. The van der Waals surface area contributed by atoms with E-state index >= 15 is 0 Å². The van der Waals surface area contributed by atoms with Gasteiger partial charge in [-0.2, -0.15) is 0 Å². The Balaban J connectivity index is 1.24. The maximum absolute atomic E-state index is 14.2. The molecule has 0 radical (unpaired) electrons. The van der Waals surface area contributed by atoms with Crippen LogP contribution in [0.15, 0.2) is 91.0 Å². The molecular formula is C37H36FN3O4. The Morgan fingerprint density at radius 3 is 2.29 bits per heavy atom. The van der Waals surface area contributed by atoms with E-state index in [2.05, 4.69) is 26.1 Å². The molecule has 2 aliphatic heterocycles. The minimum absolute atomic E-state index is 0.0842. The normalized spacial score (nSPS) is 18.6. The third-order valence-electron chi connectivity index (χ3n) is 8.96. The van der Waals surface area contributed by atoms with E-state index in [1.807, 2.05) is 48.5 Å². The number of nitrogens with zero attached hydrogens (tertiary/aromatic N) is 2. The second-order valence-electron chi connectivity index (χ2n) is 12.9. The van der Waals surface area contributed by atoms with Crippen LogP contribution in [0.25, 0.3) is 10.8 Å². The lowest BCUT2D eigenvalue weighted by atomic mass is 9.86. The van der Waals surface area contributed by atoms with Gasteiger partial charge in [-0.1, -0.05) is 81.4 Å². The van der Waals surface area contributed by atoms with Gasteiger partial charge in [0.25, 0.3) is 11.8 Å². The van der Waals surface area contributed by atoms with Crippen molar-refractivity contribution in [3.05, 3.63) is 119 Å². The summed E-state index contributed by atoms with van der Waals surface area (Å²) in [6.45, 7) is 6.45. The van der Waals surface area contributed by atoms with E-state index in [0.29, 0.717) is 23.1 Å². The first kappa shape index (κ1) is 30.2. The zero-order valence-corrected chi connectivity index (χ0v) is 25.6. The molecule has 0 spiro atoms. The Morgan fingerprint density at radius 2 is 1.58 bits per heavy atom. The second-order valence-corrected chi connectivity index (χ2v) is 12.9. The lowest BCUT2D eigenvalue weighted by molar-refractivity contribution is -0.138. The topological polar surface area (TPSA) is 86.8 Å². The number of carbonyl (C=O) groups excluding carboxylic acids is 4. The monoisotopic (exact) mass is 605 g/mol. The average Bonchev–Trinajstić information content (AvgIpc) is 3.61. The maximum Gasteiger partial charge on any atom is 0.255 e. The van der Waals surface area contributed by atoms with Crippen LogP contribution in [0.3, 0.4) is 0 Å². The zero-order chi connectivity index (χ0) is 31.9. The summed E-state index contributed by atoms with van der Waals surface area (Å²) in [7, 11) is 0. The van der Waals surface area contributed by atoms with Gasteiger partial charge in [0.1, 0.15) is 17.9 Å². The van der Waals surface area contributed by atoms with Crippen molar-refractivity contribution in [3.63, 3.8) is 0 Å². The van der Waals surface area contributed by atoms with Crippen molar-refractivity contribution in [2.45, 2.75) is 57.2 Å². The number of benzene rings is 4. The molecule has 230 valence electrons. The number of hydrogen-bond acceptors (Lipinski definition) is 4. The number of likely N-dealkylation sites (tertiary alicyclic amines) is 2. The second kappa shape index (κ2) is 11.9. The molecule has 2 aliphatic rings. The lowest BCUT2D eigenvalue weighted by Gasteiger charge is -2.28. The summed E-state index contributed by atoms with van der Waals surface area (Å²) >= 11 is 0. The first-order chi connectivity index (χ1) is 21.5. The summed E-state index contributed by atoms with van der Waals surface area (Å²) in [4.78, 5) is 57.9. The van der Waals surface area contributed by atoms with Gasteiger partial charge in [-0.3, -0.25) is 19.2 Å². The van der Waals surface area contributed by atoms with Gasteiger partial charge >= 0.3 is 0 Å². The molecule has 45 heavy (non-hydrogen) atoms. The van der Waals surface area contributed by atoms with E-state index in [-0.39, 0.29) is 36.6 Å². The summed E-state index contributed by atoms with van der Waals surface area (Å²) in [5.41, 5.74) is 2.58. The van der Waals surface area contributed by atoms with Crippen molar-refractivity contribution in [2.75, 3.05) is 13.1 Å². The molecule has 8 heteroatoms. The molecule has 6 rings (SSSR count). The Bertz CT molecular complexity index is 1770. The molecule has 4 aromatic rings. The largest absolute Gasteiger partial charge is 0.340 e. The lowest BCUT2D eigenvalue weighted by Crippen LogP contribution is -2.53. The van der Waals surface area contributed by atoms with Crippen molar-refractivity contribution >= 4 is 34.3 Å². The molecule has 0 bridgehead atoms. The highest BCUT2D eigenvalue weighted by atomic mass is 19.1. The van der Waals surface area contributed by atoms with Crippen LogP contribution < -0.4 is 5.32 Å². The third-order valence-corrected chi connectivity index (χ3v) is 8.96. The van der Waals surface area contributed by atoms with Gasteiger partial charge in [-0.25, -0.2) is 4.39 Å². The Morgan fingerprint density at radius 1 is 0.889 bits per heavy atom. The highest BCUT2D eigenvalue weighted by Crippen LogP contribution is 2.33. The van der Waals surface area contributed by atoms with Gasteiger partial charge in [0.15, 0.2) is 5.78 Å². The summed E-state index contributed by atoms with van der Waals surface area (Å²) < 4.78 is 13.7. The minimum atomic E-state index is -1.00. The number of amides is 3. The van der Waals surface area contributed by atoms with E-state index in [9.17, 15) is 23.6 Å². The molecular weight excluding hydrogens is 569 g/mol. The smallest absolute Gasteiger partial charge is 0.255 e. The van der Waals surface area contributed by atoms with Gasteiger partial charge in [-0.05, 0) is 64.1 Å². The number of nitrogens with one attached hydrogen (secondary N) is 1.